The standard InChI is InChI=1S/C20H16F3NO2.ClH/c21-20(22,23)19(24)14-11-12-17(25-15-7-3-1-4-8-15)18(13-14)26-16-9-5-2-6-10-16;/h1-13,19H,24H2;1H/t19-;/m0./s1. The number of benzene rings is 3. The molecule has 3 nitrogen and oxygen atoms in total. The minimum Gasteiger partial charge on any atom is -0.453 e. The minimum atomic E-state index is -4.55. The van der Waals surface area contributed by atoms with Crippen LogP contribution in [0.5, 0.6) is 23.0 Å². The van der Waals surface area contributed by atoms with Crippen molar-refractivity contribution in [1.29, 1.82) is 0 Å². The number of hydrogen-bond donors (Lipinski definition) is 1. The van der Waals surface area contributed by atoms with Crippen LogP contribution in [0.4, 0.5) is 13.2 Å². The first kappa shape index (κ1) is 20.6. The Kier molecular flexibility index (Phi) is 6.71. The monoisotopic (exact) mass is 395 g/mol. The molecule has 1 atom stereocenters. The van der Waals surface area contributed by atoms with Gasteiger partial charge in [0, 0.05) is 0 Å². The van der Waals surface area contributed by atoms with Gasteiger partial charge in [-0.05, 0) is 42.0 Å². The fraction of sp³-hybridized carbons (Fsp3) is 0.100. The molecular formula is C20H17ClF3NO2. The van der Waals surface area contributed by atoms with Crippen LogP contribution in [0.25, 0.3) is 0 Å². The second-order valence-corrected chi connectivity index (χ2v) is 5.56. The summed E-state index contributed by atoms with van der Waals surface area (Å²) in [4.78, 5) is 0. The molecule has 3 aromatic rings. The molecule has 0 saturated heterocycles. The number of hydrogen-bond acceptors (Lipinski definition) is 3. The van der Waals surface area contributed by atoms with Crippen molar-refractivity contribution in [2.45, 2.75) is 12.2 Å². The summed E-state index contributed by atoms with van der Waals surface area (Å²) in [5, 5.41) is 0. The Balaban J connectivity index is 0.00000261. The predicted molar refractivity (Wildman–Crippen MR) is 99.7 cm³/mol. The van der Waals surface area contributed by atoms with Crippen LogP contribution < -0.4 is 15.2 Å². The number of ether oxygens (including phenoxy) is 2. The van der Waals surface area contributed by atoms with E-state index in [1.165, 1.54) is 18.2 Å². The van der Waals surface area contributed by atoms with E-state index in [2.05, 4.69) is 0 Å². The Labute approximate surface area is 160 Å². The maximum atomic E-state index is 12.9. The molecule has 27 heavy (non-hydrogen) atoms. The Morgan fingerprint density at radius 3 is 1.67 bits per heavy atom. The van der Waals surface area contributed by atoms with Crippen LogP contribution in [0.15, 0.2) is 78.9 Å². The lowest BCUT2D eigenvalue weighted by molar-refractivity contribution is -0.149. The van der Waals surface area contributed by atoms with Crippen LogP contribution in [-0.4, -0.2) is 6.18 Å². The molecule has 0 saturated carbocycles. The van der Waals surface area contributed by atoms with Crippen molar-refractivity contribution in [3.05, 3.63) is 84.4 Å². The van der Waals surface area contributed by atoms with Gasteiger partial charge in [-0.2, -0.15) is 13.2 Å². The summed E-state index contributed by atoms with van der Waals surface area (Å²) < 4.78 is 50.3. The maximum Gasteiger partial charge on any atom is 0.407 e. The van der Waals surface area contributed by atoms with E-state index in [1.807, 2.05) is 12.1 Å². The minimum absolute atomic E-state index is 0. The third-order valence-electron chi connectivity index (χ3n) is 3.62. The van der Waals surface area contributed by atoms with E-state index in [0.29, 0.717) is 11.5 Å². The van der Waals surface area contributed by atoms with Crippen molar-refractivity contribution < 1.29 is 22.6 Å². The molecule has 0 unspecified atom stereocenters. The van der Waals surface area contributed by atoms with Crippen LogP contribution in [0.1, 0.15) is 11.6 Å². The highest BCUT2D eigenvalue weighted by Gasteiger charge is 2.38. The molecule has 3 aromatic carbocycles. The zero-order chi connectivity index (χ0) is 18.6. The summed E-state index contributed by atoms with van der Waals surface area (Å²) in [7, 11) is 0. The molecule has 0 aliphatic heterocycles. The number of nitrogens with two attached hydrogens (primary N) is 1. The van der Waals surface area contributed by atoms with Gasteiger partial charge < -0.3 is 15.2 Å². The smallest absolute Gasteiger partial charge is 0.407 e. The first-order valence-electron chi connectivity index (χ1n) is 7.85. The summed E-state index contributed by atoms with van der Waals surface area (Å²) in [5.41, 5.74) is 5.21. The fourth-order valence-electron chi connectivity index (χ4n) is 2.30. The molecule has 0 heterocycles. The van der Waals surface area contributed by atoms with E-state index in [-0.39, 0.29) is 29.5 Å². The van der Waals surface area contributed by atoms with Gasteiger partial charge in [-0.1, -0.05) is 42.5 Å². The number of para-hydroxylation sites is 2. The molecule has 0 aliphatic carbocycles. The molecule has 142 valence electrons. The molecule has 2 N–H and O–H groups in total. The van der Waals surface area contributed by atoms with Crippen LogP contribution >= 0.6 is 12.4 Å². The molecule has 0 amide bonds. The van der Waals surface area contributed by atoms with E-state index in [9.17, 15) is 13.2 Å². The van der Waals surface area contributed by atoms with Crippen LogP contribution in [0.3, 0.4) is 0 Å². The molecule has 0 bridgehead atoms. The van der Waals surface area contributed by atoms with Gasteiger partial charge in [0.05, 0.1) is 0 Å². The topological polar surface area (TPSA) is 44.5 Å². The normalized spacial score (nSPS) is 12.0. The predicted octanol–water partition coefficient (Wildman–Crippen LogP) is 6.26. The van der Waals surface area contributed by atoms with Gasteiger partial charge in [0.25, 0.3) is 0 Å². The average Bonchev–Trinajstić information content (AvgIpc) is 2.63. The fourth-order valence-corrected chi connectivity index (χ4v) is 2.30. The first-order valence-corrected chi connectivity index (χ1v) is 7.85. The number of alkyl halides is 3. The first-order chi connectivity index (χ1) is 12.4. The second-order valence-electron chi connectivity index (χ2n) is 5.56. The van der Waals surface area contributed by atoms with Gasteiger partial charge in [-0.3, -0.25) is 0 Å². The molecule has 7 heteroatoms. The summed E-state index contributed by atoms with van der Waals surface area (Å²) in [6.45, 7) is 0. The quantitative estimate of drug-likeness (QED) is 0.555. The average molecular weight is 396 g/mol. The van der Waals surface area contributed by atoms with E-state index < -0.39 is 12.2 Å². The highest BCUT2D eigenvalue weighted by molar-refractivity contribution is 5.85. The maximum absolute atomic E-state index is 12.9. The molecule has 0 spiro atoms. The van der Waals surface area contributed by atoms with Gasteiger partial charge in [-0.15, -0.1) is 12.4 Å². The van der Waals surface area contributed by atoms with Gasteiger partial charge in [0.2, 0.25) is 0 Å². The zero-order valence-electron chi connectivity index (χ0n) is 14.0. The van der Waals surface area contributed by atoms with Gasteiger partial charge in [0.1, 0.15) is 17.5 Å². The van der Waals surface area contributed by atoms with Gasteiger partial charge in [0.15, 0.2) is 11.5 Å². The molecular weight excluding hydrogens is 379 g/mol. The van der Waals surface area contributed by atoms with E-state index in [4.69, 9.17) is 15.2 Å². The third kappa shape index (κ3) is 5.39. The lowest BCUT2D eigenvalue weighted by Gasteiger charge is -2.18. The van der Waals surface area contributed by atoms with Gasteiger partial charge in [-0.25, -0.2) is 0 Å². The second kappa shape index (κ2) is 8.79. The van der Waals surface area contributed by atoms with Crippen molar-refractivity contribution in [3.8, 4) is 23.0 Å². The van der Waals surface area contributed by atoms with E-state index in [0.717, 1.165) is 0 Å². The molecule has 0 radical (unpaired) electrons. The molecule has 0 aliphatic rings. The summed E-state index contributed by atoms with van der Waals surface area (Å²) >= 11 is 0. The van der Waals surface area contributed by atoms with Crippen molar-refractivity contribution in [2.75, 3.05) is 0 Å². The molecule has 0 aromatic heterocycles. The summed E-state index contributed by atoms with van der Waals surface area (Å²) in [6, 6.07) is 19.5. The van der Waals surface area contributed by atoms with Crippen molar-refractivity contribution in [1.82, 2.24) is 0 Å². The van der Waals surface area contributed by atoms with Gasteiger partial charge >= 0.3 is 6.18 Å². The molecule has 0 fully saturated rings. The highest BCUT2D eigenvalue weighted by atomic mass is 35.5. The van der Waals surface area contributed by atoms with Crippen molar-refractivity contribution in [3.63, 3.8) is 0 Å². The Morgan fingerprint density at radius 2 is 1.19 bits per heavy atom. The molecule has 3 rings (SSSR count). The van der Waals surface area contributed by atoms with Crippen molar-refractivity contribution >= 4 is 12.4 Å². The van der Waals surface area contributed by atoms with E-state index in [1.54, 1.807) is 48.5 Å². The number of rotatable bonds is 5. The Hall–Kier alpha value is -2.70. The lowest BCUT2D eigenvalue weighted by atomic mass is 10.1. The van der Waals surface area contributed by atoms with E-state index >= 15 is 0 Å². The Morgan fingerprint density at radius 1 is 0.704 bits per heavy atom. The van der Waals surface area contributed by atoms with Crippen LogP contribution in [-0.2, 0) is 0 Å². The Bertz CT molecular complexity index is 858. The SMILES string of the molecule is Cl.N[C@@H](c1ccc(Oc2ccccc2)c(Oc2ccccc2)c1)C(F)(F)F. The largest absolute Gasteiger partial charge is 0.453 e. The number of halogens is 4. The van der Waals surface area contributed by atoms with Crippen molar-refractivity contribution in [2.24, 2.45) is 5.73 Å². The van der Waals surface area contributed by atoms with Crippen LogP contribution in [0.2, 0.25) is 0 Å². The third-order valence-corrected chi connectivity index (χ3v) is 3.62. The summed E-state index contributed by atoms with van der Waals surface area (Å²) in [5.74, 6) is 1.46. The zero-order valence-corrected chi connectivity index (χ0v) is 14.8. The van der Waals surface area contributed by atoms with Crippen LogP contribution in [0, 0.1) is 0 Å². The lowest BCUT2D eigenvalue weighted by Crippen LogP contribution is -2.28. The summed E-state index contributed by atoms with van der Waals surface area (Å²) in [6.07, 6.45) is -4.55. The highest BCUT2D eigenvalue weighted by Crippen LogP contribution is 2.39.